The Balaban J connectivity index is 2.81. The van der Waals surface area contributed by atoms with E-state index in [0.29, 0.717) is 0 Å². The number of rotatable bonds is 2. The summed E-state index contributed by atoms with van der Waals surface area (Å²) >= 11 is 0. The topological polar surface area (TPSA) is 38.3 Å². The molecule has 0 fully saturated rings. The highest BCUT2D eigenvalue weighted by Gasteiger charge is 2.39. The first-order chi connectivity index (χ1) is 6.97. The molecule has 0 saturated carbocycles. The molecule has 0 spiro atoms. The van der Waals surface area contributed by atoms with Crippen LogP contribution < -0.4 is 5.32 Å². The van der Waals surface area contributed by atoms with Crippen molar-refractivity contribution in [2.75, 3.05) is 6.54 Å². The summed E-state index contributed by atoms with van der Waals surface area (Å²) in [6.45, 7) is 15.1. The van der Waals surface area contributed by atoms with Gasteiger partial charge in [-0.15, -0.1) is 0 Å². The van der Waals surface area contributed by atoms with Gasteiger partial charge in [-0.2, -0.15) is 0 Å². The molecular weight excluding hydrogens is 200 g/mol. The van der Waals surface area contributed by atoms with Crippen molar-refractivity contribution in [1.29, 1.82) is 0 Å². The van der Waals surface area contributed by atoms with Crippen LogP contribution in [0.1, 0.15) is 48.5 Å². The summed E-state index contributed by atoms with van der Waals surface area (Å²) in [5.41, 5.74) is 0.472. The maximum absolute atomic E-state index is 12.1. The quantitative estimate of drug-likeness (QED) is 0.734. The Morgan fingerprint density at radius 1 is 1.25 bits per heavy atom. The third-order valence-electron chi connectivity index (χ3n) is 3.15. The van der Waals surface area contributed by atoms with Gasteiger partial charge < -0.3 is 15.6 Å². The average molecular weight is 225 g/mol. The van der Waals surface area contributed by atoms with Gasteiger partial charge >= 0.3 is 0 Å². The van der Waals surface area contributed by atoms with Crippen molar-refractivity contribution in [3.8, 4) is 0 Å². The zero-order chi connectivity index (χ0) is 12.8. The van der Waals surface area contributed by atoms with Gasteiger partial charge in [0.15, 0.2) is 0 Å². The minimum atomic E-state index is -0.401. The maximum atomic E-state index is 12.1. The van der Waals surface area contributed by atoms with Crippen LogP contribution in [0.25, 0.3) is 0 Å². The number of nitrogens with zero attached hydrogens (tertiary/aromatic N) is 1. The van der Waals surface area contributed by atoms with E-state index in [1.54, 1.807) is 0 Å². The van der Waals surface area contributed by atoms with E-state index in [1.807, 2.05) is 27.7 Å². The molecule has 94 valence electrons. The predicted octanol–water partition coefficient (Wildman–Crippen LogP) is 2.67. The predicted molar refractivity (Wildman–Crippen MR) is 69.2 cm³/mol. The fraction of sp³-hybridized carbons (Fsp3) is 0.846. The van der Waals surface area contributed by atoms with Crippen LogP contribution in [0.15, 0.2) is 11.6 Å². The Morgan fingerprint density at radius 2 is 1.75 bits per heavy atom. The lowest BCUT2D eigenvalue weighted by Gasteiger charge is -2.48. The molecule has 0 aromatic carbocycles. The Bertz CT molecular complexity index is 298. The van der Waals surface area contributed by atoms with Gasteiger partial charge in [0.05, 0.1) is 0 Å². The van der Waals surface area contributed by atoms with E-state index in [2.05, 4.69) is 32.2 Å². The summed E-state index contributed by atoms with van der Waals surface area (Å²) < 4.78 is 0. The molecule has 0 radical (unpaired) electrons. The maximum Gasteiger partial charge on any atom is 0.0267 e. The van der Waals surface area contributed by atoms with E-state index in [-0.39, 0.29) is 5.54 Å². The second kappa shape index (κ2) is 3.83. The van der Waals surface area contributed by atoms with Crippen molar-refractivity contribution in [2.45, 2.75) is 65.1 Å². The SMILES string of the molecule is CC(C)(C)NCC1=CC(C)(C)N([O-])C1(C)C. The van der Waals surface area contributed by atoms with Gasteiger partial charge in [-0.25, -0.2) is 0 Å². The van der Waals surface area contributed by atoms with Crippen LogP contribution in [0.3, 0.4) is 0 Å². The first kappa shape index (κ1) is 13.7. The van der Waals surface area contributed by atoms with E-state index in [1.165, 1.54) is 10.6 Å². The normalized spacial score (nSPS) is 24.6. The van der Waals surface area contributed by atoms with Crippen LogP contribution in [0, 0.1) is 5.21 Å². The van der Waals surface area contributed by atoms with Crippen molar-refractivity contribution < 1.29 is 0 Å². The Morgan fingerprint density at radius 3 is 2.06 bits per heavy atom. The number of hydroxylamine groups is 2. The van der Waals surface area contributed by atoms with Gasteiger partial charge in [0, 0.05) is 23.2 Å². The van der Waals surface area contributed by atoms with Crippen molar-refractivity contribution in [3.63, 3.8) is 0 Å². The van der Waals surface area contributed by atoms with E-state index in [4.69, 9.17) is 0 Å². The van der Waals surface area contributed by atoms with Crippen LogP contribution in [-0.4, -0.2) is 28.2 Å². The van der Waals surface area contributed by atoms with Crippen LogP contribution >= 0.6 is 0 Å². The first-order valence-corrected chi connectivity index (χ1v) is 5.91. The molecule has 0 unspecified atom stereocenters. The highest BCUT2D eigenvalue weighted by atomic mass is 16.5. The molecule has 0 saturated heterocycles. The van der Waals surface area contributed by atoms with E-state index >= 15 is 0 Å². The van der Waals surface area contributed by atoms with Crippen molar-refractivity contribution in [3.05, 3.63) is 16.9 Å². The molecular formula is C13H25N2O-. The molecule has 0 atom stereocenters. The molecule has 16 heavy (non-hydrogen) atoms. The second-order valence-corrected chi connectivity index (χ2v) is 6.78. The molecule has 0 aromatic rings. The molecule has 1 N–H and O–H groups in total. The van der Waals surface area contributed by atoms with Gasteiger partial charge in [0.1, 0.15) is 0 Å². The van der Waals surface area contributed by atoms with Gasteiger partial charge in [-0.1, -0.05) is 6.08 Å². The first-order valence-electron chi connectivity index (χ1n) is 5.91. The fourth-order valence-electron chi connectivity index (χ4n) is 2.14. The molecule has 3 nitrogen and oxygen atoms in total. The molecule has 1 rings (SSSR count). The van der Waals surface area contributed by atoms with Crippen molar-refractivity contribution in [2.24, 2.45) is 0 Å². The van der Waals surface area contributed by atoms with Gasteiger partial charge in [-0.05, 0) is 54.0 Å². The molecule has 0 bridgehead atoms. The number of hydrogen-bond acceptors (Lipinski definition) is 3. The standard InChI is InChI=1S/C13H25N2O/c1-11(2,3)14-9-10-8-12(4,5)15(16)13(10,6)7/h8,14H,9H2,1-7H3/q-1. The zero-order valence-corrected chi connectivity index (χ0v) is 11.6. The number of nitrogens with one attached hydrogen (secondary N) is 1. The van der Waals surface area contributed by atoms with E-state index < -0.39 is 11.1 Å². The molecule has 1 aliphatic rings. The summed E-state index contributed by atoms with van der Waals surface area (Å²) in [4.78, 5) is 0. The third-order valence-corrected chi connectivity index (χ3v) is 3.15. The smallest absolute Gasteiger partial charge is 0.0267 e. The monoisotopic (exact) mass is 225 g/mol. The summed E-state index contributed by atoms with van der Waals surface area (Å²) in [7, 11) is 0. The Kier molecular flexibility index (Phi) is 3.27. The van der Waals surface area contributed by atoms with Crippen LogP contribution in [0.2, 0.25) is 0 Å². The highest BCUT2D eigenvalue weighted by molar-refractivity contribution is 5.32. The summed E-state index contributed by atoms with van der Waals surface area (Å²) in [6.07, 6.45) is 2.10. The van der Waals surface area contributed by atoms with E-state index in [0.717, 1.165) is 6.54 Å². The van der Waals surface area contributed by atoms with Gasteiger partial charge in [0.25, 0.3) is 0 Å². The second-order valence-electron chi connectivity index (χ2n) is 6.78. The van der Waals surface area contributed by atoms with E-state index in [9.17, 15) is 5.21 Å². The lowest BCUT2D eigenvalue weighted by molar-refractivity contribution is 0.157. The van der Waals surface area contributed by atoms with Crippen LogP contribution in [0.5, 0.6) is 0 Å². The van der Waals surface area contributed by atoms with Crippen molar-refractivity contribution >= 4 is 0 Å². The van der Waals surface area contributed by atoms with Gasteiger partial charge in [-0.3, -0.25) is 0 Å². The Hall–Kier alpha value is -0.380. The molecule has 3 heteroatoms. The third kappa shape index (κ3) is 2.65. The summed E-state index contributed by atoms with van der Waals surface area (Å²) in [6, 6.07) is 0. The minimum absolute atomic E-state index is 0.0807. The molecule has 0 aromatic heterocycles. The molecule has 1 aliphatic heterocycles. The fourth-order valence-corrected chi connectivity index (χ4v) is 2.14. The van der Waals surface area contributed by atoms with Crippen LogP contribution in [0.4, 0.5) is 0 Å². The largest absolute Gasteiger partial charge is 0.784 e. The summed E-state index contributed by atoms with van der Waals surface area (Å²) in [5, 5.41) is 16.8. The lowest BCUT2D eigenvalue weighted by Crippen LogP contribution is -2.48. The molecule has 0 amide bonds. The van der Waals surface area contributed by atoms with Crippen LogP contribution in [-0.2, 0) is 0 Å². The highest BCUT2D eigenvalue weighted by Crippen LogP contribution is 2.38. The molecule has 0 aliphatic carbocycles. The zero-order valence-electron chi connectivity index (χ0n) is 11.6. The summed E-state index contributed by atoms with van der Waals surface area (Å²) in [5.74, 6) is 0. The Labute approximate surface area is 99.5 Å². The van der Waals surface area contributed by atoms with Crippen molar-refractivity contribution in [1.82, 2.24) is 10.4 Å². The molecule has 1 heterocycles. The van der Waals surface area contributed by atoms with Gasteiger partial charge in [0.2, 0.25) is 0 Å². The average Bonchev–Trinajstić information content (AvgIpc) is 2.22. The lowest BCUT2D eigenvalue weighted by atomic mass is 9.95. The number of hydrogen-bond donors (Lipinski definition) is 1. The minimum Gasteiger partial charge on any atom is -0.784 e.